The lowest BCUT2D eigenvalue weighted by Crippen LogP contribution is -2.29. The molecular weight excluding hydrogens is 711 g/mol. The zero-order valence-electron chi connectivity index (χ0n) is 32.2. The lowest BCUT2D eigenvalue weighted by molar-refractivity contribution is 0.472. The van der Waals surface area contributed by atoms with Gasteiger partial charge in [-0.25, -0.2) is 9.98 Å². The highest BCUT2D eigenvalue weighted by Gasteiger charge is 2.27. The minimum atomic E-state index is 0.0769. The van der Waals surface area contributed by atoms with Crippen molar-refractivity contribution in [1.82, 2.24) is 4.57 Å². The smallest absolute Gasteiger partial charge is 0.160 e. The molecule has 5 heteroatoms. The van der Waals surface area contributed by atoms with E-state index in [-0.39, 0.29) is 6.04 Å². The Hall–Kier alpha value is -7.24. The van der Waals surface area contributed by atoms with Crippen LogP contribution in [0.4, 0.5) is 0 Å². The van der Waals surface area contributed by atoms with Crippen molar-refractivity contribution in [3.63, 3.8) is 0 Å². The van der Waals surface area contributed by atoms with Gasteiger partial charge in [-0.2, -0.15) is 0 Å². The van der Waals surface area contributed by atoms with Crippen molar-refractivity contribution in [2.45, 2.75) is 32.2 Å². The molecule has 2 aliphatic rings. The fourth-order valence-electron chi connectivity index (χ4n) is 9.01. The number of aryl methyl sites for hydroxylation is 1. The molecule has 0 saturated carbocycles. The summed E-state index contributed by atoms with van der Waals surface area (Å²) in [4.78, 5) is 10.5. The highest BCUT2D eigenvalue weighted by molar-refractivity contribution is 6.29. The van der Waals surface area contributed by atoms with Gasteiger partial charge < -0.3 is 13.4 Å². The van der Waals surface area contributed by atoms with Crippen LogP contribution in [0.25, 0.3) is 78.3 Å². The van der Waals surface area contributed by atoms with E-state index in [0.717, 1.165) is 85.6 Å². The first kappa shape index (κ1) is 34.0. The number of fused-ring (bicyclic) bond motifs is 9. The number of aromatic nitrogens is 1. The summed E-state index contributed by atoms with van der Waals surface area (Å²) in [6.45, 7) is 6.46. The zero-order valence-corrected chi connectivity index (χ0v) is 32.2. The first-order valence-electron chi connectivity index (χ1n) is 20.0. The Morgan fingerprint density at radius 2 is 1.41 bits per heavy atom. The normalized spacial score (nSPS) is 15.6. The molecule has 2 aliphatic carbocycles. The lowest BCUT2D eigenvalue weighted by atomic mass is 9.92. The Labute approximate surface area is 335 Å². The Morgan fingerprint density at radius 1 is 0.672 bits per heavy atom. The van der Waals surface area contributed by atoms with Crippen molar-refractivity contribution >= 4 is 78.7 Å². The standard InChI is InChI=1S/C53H39N3O2/c1-33(35-15-5-3-6-16-35)54-53(55-34(2)39-21-13-22-42-41-20-10-12-25-48(41)58-52(39)42)44-23-14-26-49-51(44)43-29-28-38(32-50(43)57-49)56-46-24-11-9-19-40(46)45-31-37(27-30-47(45)56)36-17-7-4-8-18-36/h3-13,15-25,27,29-32,38H,1,14,26,28H2,2H3. The molecule has 0 fully saturated rings. The largest absolute Gasteiger partial charge is 0.461 e. The summed E-state index contributed by atoms with van der Waals surface area (Å²) in [5, 5.41) is 5.77. The van der Waals surface area contributed by atoms with Crippen LogP contribution < -0.4 is 10.6 Å². The Balaban J connectivity index is 1.04. The SMILES string of the molecule is C=C(N=C(N=C(C)c1cccc2c1oc1ccccc12)C1=CCCc2oc3c(c21)=CCC(n1c2ccccc2c2cc(-c4ccccc4)ccc21)C=3)c1ccccc1. The van der Waals surface area contributed by atoms with E-state index in [4.69, 9.17) is 18.8 Å². The number of amidine groups is 1. The molecule has 3 heterocycles. The minimum absolute atomic E-state index is 0.0769. The lowest BCUT2D eigenvalue weighted by Gasteiger charge is -2.18. The fourth-order valence-corrected chi connectivity index (χ4v) is 9.01. The molecule has 0 amide bonds. The summed E-state index contributed by atoms with van der Waals surface area (Å²) in [6, 6.07) is 50.8. The molecule has 58 heavy (non-hydrogen) atoms. The van der Waals surface area contributed by atoms with Crippen LogP contribution in [0.5, 0.6) is 0 Å². The first-order chi connectivity index (χ1) is 28.6. The van der Waals surface area contributed by atoms with Crippen LogP contribution in [0.3, 0.4) is 0 Å². The average molecular weight is 750 g/mol. The van der Waals surface area contributed by atoms with Gasteiger partial charge in [0.05, 0.1) is 17.5 Å². The molecule has 9 aromatic rings. The van der Waals surface area contributed by atoms with Gasteiger partial charge in [0.1, 0.15) is 22.3 Å². The number of aliphatic imine (C=N–C) groups is 2. The van der Waals surface area contributed by atoms with Crippen LogP contribution in [0.15, 0.2) is 177 Å². The molecule has 0 aliphatic heterocycles. The quantitative estimate of drug-likeness (QED) is 0.126. The van der Waals surface area contributed by atoms with E-state index in [9.17, 15) is 0 Å². The van der Waals surface area contributed by atoms with Crippen molar-refractivity contribution in [2.75, 3.05) is 0 Å². The molecule has 5 nitrogen and oxygen atoms in total. The van der Waals surface area contributed by atoms with Crippen molar-refractivity contribution in [3.05, 3.63) is 191 Å². The van der Waals surface area contributed by atoms with Gasteiger partial charge in [-0.1, -0.05) is 134 Å². The van der Waals surface area contributed by atoms with E-state index in [2.05, 4.69) is 126 Å². The van der Waals surface area contributed by atoms with E-state index in [1.54, 1.807) is 0 Å². The van der Waals surface area contributed by atoms with Gasteiger partial charge in [0.25, 0.3) is 0 Å². The molecule has 0 radical (unpaired) electrons. The third kappa shape index (κ3) is 5.61. The third-order valence-electron chi connectivity index (χ3n) is 11.7. The van der Waals surface area contributed by atoms with Crippen molar-refractivity contribution in [2.24, 2.45) is 9.98 Å². The van der Waals surface area contributed by atoms with Gasteiger partial charge in [0, 0.05) is 60.9 Å². The second kappa shape index (κ2) is 13.7. The second-order valence-corrected chi connectivity index (χ2v) is 15.2. The molecule has 0 spiro atoms. The summed E-state index contributed by atoms with van der Waals surface area (Å²) in [6.07, 6.45) is 9.39. The highest BCUT2D eigenvalue weighted by Crippen LogP contribution is 2.38. The van der Waals surface area contributed by atoms with Crippen molar-refractivity contribution in [3.8, 4) is 11.1 Å². The number of nitrogens with zero attached hydrogens (tertiary/aromatic N) is 3. The van der Waals surface area contributed by atoms with Gasteiger partial charge >= 0.3 is 0 Å². The van der Waals surface area contributed by atoms with Crippen LogP contribution >= 0.6 is 0 Å². The predicted octanol–water partition coefficient (Wildman–Crippen LogP) is 12.1. The summed E-state index contributed by atoms with van der Waals surface area (Å²) in [7, 11) is 0. The summed E-state index contributed by atoms with van der Waals surface area (Å²) < 4.78 is 15.8. The third-order valence-corrected chi connectivity index (χ3v) is 11.7. The number of furan rings is 2. The highest BCUT2D eigenvalue weighted by atomic mass is 16.3. The maximum absolute atomic E-state index is 6.83. The Morgan fingerprint density at radius 3 is 2.28 bits per heavy atom. The monoisotopic (exact) mass is 749 g/mol. The number of para-hydroxylation sites is 3. The van der Waals surface area contributed by atoms with Crippen LogP contribution in [-0.4, -0.2) is 16.1 Å². The van der Waals surface area contributed by atoms with Gasteiger partial charge in [-0.15, -0.1) is 0 Å². The van der Waals surface area contributed by atoms with Crippen LogP contribution in [0.2, 0.25) is 0 Å². The Kier molecular flexibility index (Phi) is 8.07. The van der Waals surface area contributed by atoms with Crippen LogP contribution in [0, 0.1) is 0 Å². The maximum Gasteiger partial charge on any atom is 0.160 e. The van der Waals surface area contributed by atoms with Crippen LogP contribution in [0.1, 0.15) is 48.3 Å². The molecule has 278 valence electrons. The van der Waals surface area contributed by atoms with E-state index in [0.29, 0.717) is 11.5 Å². The molecule has 0 N–H and O–H groups in total. The molecule has 0 saturated heterocycles. The number of hydrogen-bond donors (Lipinski definition) is 0. The molecule has 0 bridgehead atoms. The molecular formula is C53H39N3O2. The molecule has 1 unspecified atom stereocenters. The van der Waals surface area contributed by atoms with Crippen molar-refractivity contribution in [1.29, 1.82) is 0 Å². The minimum Gasteiger partial charge on any atom is -0.461 e. The summed E-state index contributed by atoms with van der Waals surface area (Å²) >= 11 is 0. The molecule has 11 rings (SSSR count). The van der Waals surface area contributed by atoms with Crippen LogP contribution in [-0.2, 0) is 6.42 Å². The number of hydrogen-bond acceptors (Lipinski definition) is 3. The number of allylic oxidation sites excluding steroid dienone is 1. The van der Waals surface area contributed by atoms with Gasteiger partial charge in [0.15, 0.2) is 5.84 Å². The van der Waals surface area contributed by atoms with E-state index in [1.165, 1.54) is 32.9 Å². The fraction of sp³-hybridized carbons (Fsp3) is 0.0943. The van der Waals surface area contributed by atoms with E-state index < -0.39 is 0 Å². The van der Waals surface area contributed by atoms with E-state index in [1.807, 2.05) is 55.5 Å². The van der Waals surface area contributed by atoms with Gasteiger partial charge in [-0.3, -0.25) is 0 Å². The first-order valence-corrected chi connectivity index (χ1v) is 20.0. The van der Waals surface area contributed by atoms with Crippen molar-refractivity contribution < 1.29 is 8.83 Å². The molecule has 6 aromatic carbocycles. The number of benzene rings is 6. The topological polar surface area (TPSA) is 55.9 Å². The molecule has 1 atom stereocenters. The molecule has 3 aromatic heterocycles. The zero-order chi connectivity index (χ0) is 38.7. The predicted molar refractivity (Wildman–Crippen MR) is 241 cm³/mol. The average Bonchev–Trinajstić information content (AvgIpc) is 3.95. The maximum atomic E-state index is 6.83. The van der Waals surface area contributed by atoms with Gasteiger partial charge in [-0.05, 0) is 72.9 Å². The second-order valence-electron chi connectivity index (χ2n) is 15.2. The summed E-state index contributed by atoms with van der Waals surface area (Å²) in [5.74, 6) is 1.58. The Bertz CT molecular complexity index is 3340. The van der Waals surface area contributed by atoms with E-state index >= 15 is 0 Å². The van der Waals surface area contributed by atoms with Gasteiger partial charge in [0.2, 0.25) is 0 Å². The number of rotatable bonds is 6. The summed E-state index contributed by atoms with van der Waals surface area (Å²) in [5.41, 5.74) is 12.8.